The van der Waals surface area contributed by atoms with E-state index in [1.807, 2.05) is 24.3 Å². The molecule has 0 spiro atoms. The van der Waals surface area contributed by atoms with Gasteiger partial charge in [0.05, 0.1) is 0 Å². The first-order valence-electron chi connectivity index (χ1n) is 13.1. The third-order valence-electron chi connectivity index (χ3n) is 7.05. The maximum absolute atomic E-state index is 6.19. The zero-order chi connectivity index (χ0) is 26.0. The lowest BCUT2D eigenvalue weighted by molar-refractivity contribution is 0.669. The van der Waals surface area contributed by atoms with Crippen molar-refractivity contribution in [3.63, 3.8) is 0 Å². The molecule has 0 saturated carbocycles. The fraction of sp³-hybridized carbons (Fsp3) is 0. The van der Waals surface area contributed by atoms with Gasteiger partial charge in [0.25, 0.3) is 0 Å². The highest BCUT2D eigenvalue weighted by molar-refractivity contribution is 6.07. The predicted molar refractivity (Wildman–Crippen MR) is 164 cm³/mol. The molecule has 7 rings (SSSR count). The monoisotopic (exact) mass is 502 g/mol. The first kappa shape index (κ1) is 22.9. The van der Waals surface area contributed by atoms with Crippen molar-refractivity contribution in [3.05, 3.63) is 146 Å². The summed E-state index contributed by atoms with van der Waals surface area (Å²) in [5, 5.41) is 9.43. The normalized spacial score (nSPS) is 11.1. The summed E-state index contributed by atoms with van der Waals surface area (Å²) in [6.45, 7) is 0. The summed E-state index contributed by atoms with van der Waals surface area (Å²) in [6, 6.07) is 50.3. The molecule has 6 aromatic carbocycles. The zero-order valence-electron chi connectivity index (χ0n) is 21.3. The van der Waals surface area contributed by atoms with Crippen molar-refractivity contribution < 1.29 is 4.42 Å². The Bertz CT molecular complexity index is 1770. The zero-order valence-corrected chi connectivity index (χ0v) is 21.3. The van der Waals surface area contributed by atoms with Gasteiger partial charge in [-0.3, -0.25) is 0 Å². The van der Waals surface area contributed by atoms with E-state index in [-0.39, 0.29) is 0 Å². The summed E-state index contributed by atoms with van der Waals surface area (Å²) >= 11 is 0. The Hall–Kier alpha value is -5.28. The average molecular weight is 503 g/mol. The lowest BCUT2D eigenvalue weighted by Gasteiger charge is -2.13. The van der Waals surface area contributed by atoms with Gasteiger partial charge in [-0.25, -0.2) is 0 Å². The minimum Gasteiger partial charge on any atom is -0.456 e. The molecule has 0 saturated heterocycles. The molecule has 39 heavy (non-hydrogen) atoms. The van der Waals surface area contributed by atoms with Crippen LogP contribution >= 0.6 is 0 Å². The van der Waals surface area contributed by atoms with Gasteiger partial charge in [0.2, 0.25) is 0 Å². The SMILES string of the molecule is c1ccc(-c2ccccc2Nc2ccc3oc4ccc(Nc5ccccc5-c5ccccc5)cc4c3c2)cc1. The van der Waals surface area contributed by atoms with Crippen molar-refractivity contribution in [2.75, 3.05) is 10.6 Å². The molecule has 0 atom stereocenters. The predicted octanol–water partition coefficient (Wildman–Crippen LogP) is 10.4. The van der Waals surface area contributed by atoms with Crippen molar-refractivity contribution >= 4 is 44.7 Å². The Morgan fingerprint density at radius 3 is 1.26 bits per heavy atom. The van der Waals surface area contributed by atoms with Crippen LogP contribution in [0.4, 0.5) is 22.7 Å². The second-order valence-corrected chi connectivity index (χ2v) is 9.60. The second-order valence-electron chi connectivity index (χ2n) is 9.60. The summed E-state index contributed by atoms with van der Waals surface area (Å²) in [6.07, 6.45) is 0. The van der Waals surface area contributed by atoms with Crippen LogP contribution in [0.3, 0.4) is 0 Å². The van der Waals surface area contributed by atoms with E-state index in [1.165, 1.54) is 22.3 Å². The molecule has 0 aliphatic rings. The Balaban J connectivity index is 1.24. The number of benzene rings is 6. The highest BCUT2D eigenvalue weighted by Crippen LogP contribution is 2.37. The number of nitrogens with one attached hydrogen (secondary N) is 2. The summed E-state index contributed by atoms with van der Waals surface area (Å²) in [5.74, 6) is 0. The number of rotatable bonds is 6. The van der Waals surface area contributed by atoms with Crippen LogP contribution in [0.2, 0.25) is 0 Å². The Kier molecular flexibility index (Phi) is 5.80. The van der Waals surface area contributed by atoms with Gasteiger partial charge in [0, 0.05) is 44.6 Å². The first-order valence-corrected chi connectivity index (χ1v) is 13.1. The van der Waals surface area contributed by atoms with E-state index in [0.29, 0.717) is 0 Å². The fourth-order valence-electron chi connectivity index (χ4n) is 5.17. The topological polar surface area (TPSA) is 37.2 Å². The molecule has 3 heteroatoms. The average Bonchev–Trinajstić information content (AvgIpc) is 3.36. The lowest BCUT2D eigenvalue weighted by Crippen LogP contribution is -1.93. The van der Waals surface area contributed by atoms with Crippen LogP contribution in [0.1, 0.15) is 0 Å². The van der Waals surface area contributed by atoms with E-state index in [2.05, 4.69) is 132 Å². The van der Waals surface area contributed by atoms with Gasteiger partial charge in [-0.2, -0.15) is 0 Å². The van der Waals surface area contributed by atoms with Gasteiger partial charge >= 0.3 is 0 Å². The van der Waals surface area contributed by atoms with Crippen molar-refractivity contribution in [1.82, 2.24) is 0 Å². The van der Waals surface area contributed by atoms with E-state index >= 15 is 0 Å². The van der Waals surface area contributed by atoms with Gasteiger partial charge in [-0.1, -0.05) is 97.1 Å². The standard InChI is InChI=1S/C36H26N2O/c1-3-11-25(12-4-1)29-15-7-9-17-33(29)37-27-19-21-35-31(23-27)32-24-28(20-22-36(32)39-35)38-34-18-10-8-16-30(34)26-13-5-2-6-14-26/h1-24,37-38H. The number of hydrogen-bond donors (Lipinski definition) is 2. The number of anilines is 4. The molecular weight excluding hydrogens is 476 g/mol. The second kappa shape index (κ2) is 9.88. The molecule has 0 aliphatic carbocycles. The van der Waals surface area contributed by atoms with Crippen molar-refractivity contribution in [2.24, 2.45) is 0 Å². The van der Waals surface area contributed by atoms with Crippen molar-refractivity contribution in [3.8, 4) is 22.3 Å². The molecule has 1 aromatic heterocycles. The van der Waals surface area contributed by atoms with Crippen LogP contribution in [0.5, 0.6) is 0 Å². The highest BCUT2D eigenvalue weighted by atomic mass is 16.3. The van der Waals surface area contributed by atoms with Crippen molar-refractivity contribution in [2.45, 2.75) is 0 Å². The van der Waals surface area contributed by atoms with Gasteiger partial charge in [-0.05, 0) is 59.7 Å². The maximum atomic E-state index is 6.19. The van der Waals surface area contributed by atoms with Crippen LogP contribution in [0, 0.1) is 0 Å². The van der Waals surface area contributed by atoms with Crippen molar-refractivity contribution in [1.29, 1.82) is 0 Å². The molecule has 7 aromatic rings. The van der Waals surface area contributed by atoms with Gasteiger partial charge in [0.1, 0.15) is 11.2 Å². The van der Waals surface area contributed by atoms with Crippen LogP contribution in [-0.4, -0.2) is 0 Å². The Morgan fingerprint density at radius 2 is 0.795 bits per heavy atom. The largest absolute Gasteiger partial charge is 0.456 e. The van der Waals surface area contributed by atoms with E-state index < -0.39 is 0 Å². The summed E-state index contributed by atoms with van der Waals surface area (Å²) in [4.78, 5) is 0. The van der Waals surface area contributed by atoms with E-state index in [4.69, 9.17) is 4.42 Å². The Morgan fingerprint density at radius 1 is 0.385 bits per heavy atom. The van der Waals surface area contributed by atoms with Gasteiger partial charge < -0.3 is 15.1 Å². The first-order chi connectivity index (χ1) is 19.3. The molecule has 0 amide bonds. The Labute approximate surface area is 227 Å². The van der Waals surface area contributed by atoms with E-state index in [9.17, 15) is 0 Å². The minimum atomic E-state index is 0.869. The van der Waals surface area contributed by atoms with Crippen LogP contribution in [-0.2, 0) is 0 Å². The highest BCUT2D eigenvalue weighted by Gasteiger charge is 2.11. The van der Waals surface area contributed by atoms with Crippen LogP contribution < -0.4 is 10.6 Å². The molecule has 0 fully saturated rings. The molecule has 0 aliphatic heterocycles. The molecule has 0 unspecified atom stereocenters. The number of para-hydroxylation sites is 2. The molecular formula is C36H26N2O. The van der Waals surface area contributed by atoms with Crippen LogP contribution in [0.15, 0.2) is 150 Å². The smallest absolute Gasteiger partial charge is 0.135 e. The molecule has 3 nitrogen and oxygen atoms in total. The number of fused-ring (bicyclic) bond motifs is 3. The molecule has 0 bridgehead atoms. The van der Waals surface area contributed by atoms with Gasteiger partial charge in [0.15, 0.2) is 0 Å². The molecule has 186 valence electrons. The van der Waals surface area contributed by atoms with E-state index in [0.717, 1.165) is 44.7 Å². The van der Waals surface area contributed by atoms with E-state index in [1.54, 1.807) is 0 Å². The quantitative estimate of drug-likeness (QED) is 0.237. The number of furan rings is 1. The molecule has 2 N–H and O–H groups in total. The van der Waals surface area contributed by atoms with Gasteiger partial charge in [-0.15, -0.1) is 0 Å². The summed E-state index contributed by atoms with van der Waals surface area (Å²) in [5.41, 5.74) is 10.6. The maximum Gasteiger partial charge on any atom is 0.135 e. The third-order valence-corrected chi connectivity index (χ3v) is 7.05. The fourth-order valence-corrected chi connectivity index (χ4v) is 5.17. The summed E-state index contributed by atoms with van der Waals surface area (Å²) in [7, 11) is 0. The third kappa shape index (κ3) is 4.51. The summed E-state index contributed by atoms with van der Waals surface area (Å²) < 4.78 is 6.19. The number of hydrogen-bond acceptors (Lipinski definition) is 3. The van der Waals surface area contributed by atoms with Crippen LogP contribution in [0.25, 0.3) is 44.2 Å². The molecule has 0 radical (unpaired) electrons. The molecule has 1 heterocycles. The lowest BCUT2D eigenvalue weighted by atomic mass is 10.0. The minimum absolute atomic E-state index is 0.869.